The summed E-state index contributed by atoms with van der Waals surface area (Å²) in [5.41, 5.74) is 7.71. The first kappa shape index (κ1) is 14.0. The fraction of sp³-hybridized carbons (Fsp3) is 0.400. The number of rotatable bonds is 4. The average Bonchev–Trinajstić information content (AvgIpc) is 2.70. The summed E-state index contributed by atoms with van der Waals surface area (Å²) >= 11 is 5.08. The molecule has 2 aromatic rings. The first-order valence-electron chi connectivity index (χ1n) is 6.40. The van der Waals surface area contributed by atoms with Crippen LogP contribution in [0.3, 0.4) is 0 Å². The van der Waals surface area contributed by atoms with Crippen molar-refractivity contribution in [3.05, 3.63) is 36.0 Å². The molecule has 3 nitrogen and oxygen atoms in total. The second-order valence-corrected chi connectivity index (χ2v) is 6.01. The predicted molar refractivity (Wildman–Crippen MR) is 83.5 cm³/mol. The van der Waals surface area contributed by atoms with Gasteiger partial charge < -0.3 is 15.0 Å². The maximum atomic E-state index is 5.76. The van der Waals surface area contributed by atoms with Crippen molar-refractivity contribution in [2.45, 2.75) is 32.9 Å². The van der Waals surface area contributed by atoms with Crippen molar-refractivity contribution < 1.29 is 4.74 Å². The molecule has 1 aromatic carbocycles. The molecule has 102 valence electrons. The number of nitrogens with zero attached hydrogens (tertiary/aromatic N) is 1. The Morgan fingerprint density at radius 3 is 2.68 bits per heavy atom. The molecule has 0 aliphatic carbocycles. The van der Waals surface area contributed by atoms with E-state index in [9.17, 15) is 0 Å². The third-order valence-electron chi connectivity index (χ3n) is 2.95. The summed E-state index contributed by atoms with van der Waals surface area (Å²) in [4.78, 5) is 0.439. The first-order chi connectivity index (χ1) is 8.88. The number of ether oxygens (including phenoxy) is 1. The monoisotopic (exact) mass is 276 g/mol. The molecule has 2 N–H and O–H groups in total. The van der Waals surface area contributed by atoms with Crippen LogP contribution in [0.15, 0.2) is 30.5 Å². The molecule has 1 heterocycles. The van der Waals surface area contributed by atoms with E-state index in [1.54, 1.807) is 0 Å². The minimum atomic E-state index is -0.104. The number of hydrogen-bond donors (Lipinski definition) is 1. The van der Waals surface area contributed by atoms with Crippen molar-refractivity contribution in [2.75, 3.05) is 6.61 Å². The molecular formula is C15H20N2OS. The highest BCUT2D eigenvalue weighted by Crippen LogP contribution is 2.20. The second-order valence-electron chi connectivity index (χ2n) is 5.57. The van der Waals surface area contributed by atoms with Crippen LogP contribution < -0.4 is 5.73 Å². The van der Waals surface area contributed by atoms with Gasteiger partial charge in [0.2, 0.25) is 0 Å². The highest BCUT2D eigenvalue weighted by Gasteiger charge is 2.11. The first-order valence-corrected chi connectivity index (χ1v) is 6.81. The lowest BCUT2D eigenvalue weighted by atomic mass is 10.1. The minimum absolute atomic E-state index is 0.104. The normalized spacial score (nSPS) is 11.9. The summed E-state index contributed by atoms with van der Waals surface area (Å²) in [5.74, 6) is 0. The Balaban J connectivity index is 2.22. The van der Waals surface area contributed by atoms with Gasteiger partial charge in [0.1, 0.15) is 4.99 Å². The van der Waals surface area contributed by atoms with Crippen LogP contribution in [-0.4, -0.2) is 21.8 Å². The molecule has 0 atom stereocenters. The van der Waals surface area contributed by atoms with Gasteiger partial charge in [-0.25, -0.2) is 0 Å². The maximum absolute atomic E-state index is 5.76. The van der Waals surface area contributed by atoms with Gasteiger partial charge in [-0.3, -0.25) is 0 Å². The Hall–Kier alpha value is -1.39. The van der Waals surface area contributed by atoms with E-state index in [1.165, 1.54) is 0 Å². The molecule has 0 spiro atoms. The molecule has 0 aliphatic heterocycles. The van der Waals surface area contributed by atoms with Crippen molar-refractivity contribution in [1.29, 1.82) is 0 Å². The summed E-state index contributed by atoms with van der Waals surface area (Å²) in [7, 11) is 0. The van der Waals surface area contributed by atoms with Gasteiger partial charge in [0.05, 0.1) is 12.2 Å². The van der Waals surface area contributed by atoms with Crippen LogP contribution in [0.5, 0.6) is 0 Å². The number of aromatic nitrogens is 1. The zero-order valence-corrected chi connectivity index (χ0v) is 12.5. The zero-order chi connectivity index (χ0) is 14.0. The van der Waals surface area contributed by atoms with E-state index in [-0.39, 0.29) is 5.60 Å². The third-order valence-corrected chi connectivity index (χ3v) is 3.17. The van der Waals surface area contributed by atoms with Crippen LogP contribution in [0.2, 0.25) is 0 Å². The molecule has 0 radical (unpaired) electrons. The fourth-order valence-corrected chi connectivity index (χ4v) is 2.26. The largest absolute Gasteiger partial charge is 0.389 e. The lowest BCUT2D eigenvalue weighted by Gasteiger charge is -2.19. The van der Waals surface area contributed by atoms with E-state index in [2.05, 4.69) is 43.7 Å². The van der Waals surface area contributed by atoms with Gasteiger partial charge in [0.25, 0.3) is 0 Å². The molecule has 0 aliphatic rings. The van der Waals surface area contributed by atoms with Gasteiger partial charge in [-0.05, 0) is 32.9 Å². The van der Waals surface area contributed by atoms with Gasteiger partial charge in [0, 0.05) is 29.2 Å². The molecule has 2 rings (SSSR count). The summed E-state index contributed by atoms with van der Waals surface area (Å²) in [5, 5.41) is 1.10. The molecule has 0 amide bonds. The molecule has 0 saturated carbocycles. The highest BCUT2D eigenvalue weighted by atomic mass is 32.1. The summed E-state index contributed by atoms with van der Waals surface area (Å²) in [6.07, 6.45) is 2.05. The van der Waals surface area contributed by atoms with E-state index in [0.29, 0.717) is 11.6 Å². The van der Waals surface area contributed by atoms with Crippen LogP contribution in [0.4, 0.5) is 0 Å². The molecule has 0 unspecified atom stereocenters. The SMILES string of the molecule is CC(C)(C)OCCn1ccc2c(C(N)=S)cccc21. The van der Waals surface area contributed by atoms with E-state index in [0.717, 1.165) is 23.0 Å². The Bertz CT molecular complexity index is 596. The Kier molecular flexibility index (Phi) is 3.92. The highest BCUT2D eigenvalue weighted by molar-refractivity contribution is 7.80. The number of fused-ring (bicyclic) bond motifs is 1. The third kappa shape index (κ3) is 3.33. The quantitative estimate of drug-likeness (QED) is 0.872. The predicted octanol–water partition coefficient (Wildman–Crippen LogP) is 3.09. The lowest BCUT2D eigenvalue weighted by Crippen LogP contribution is -2.21. The Morgan fingerprint density at radius 1 is 1.32 bits per heavy atom. The number of benzene rings is 1. The van der Waals surface area contributed by atoms with Crippen molar-refractivity contribution in [3.63, 3.8) is 0 Å². The fourth-order valence-electron chi connectivity index (χ4n) is 2.08. The molecule has 4 heteroatoms. The molecule has 0 bridgehead atoms. The molecular weight excluding hydrogens is 256 g/mol. The topological polar surface area (TPSA) is 40.2 Å². The minimum Gasteiger partial charge on any atom is -0.389 e. The van der Waals surface area contributed by atoms with Crippen LogP contribution in [-0.2, 0) is 11.3 Å². The van der Waals surface area contributed by atoms with Crippen molar-refractivity contribution in [2.24, 2.45) is 5.73 Å². The second kappa shape index (κ2) is 5.31. The summed E-state index contributed by atoms with van der Waals surface area (Å²) in [6, 6.07) is 8.08. The van der Waals surface area contributed by atoms with E-state index in [1.807, 2.05) is 12.1 Å². The van der Waals surface area contributed by atoms with Crippen molar-refractivity contribution in [1.82, 2.24) is 4.57 Å². The van der Waals surface area contributed by atoms with Gasteiger partial charge >= 0.3 is 0 Å². The number of nitrogens with two attached hydrogens (primary N) is 1. The molecule has 19 heavy (non-hydrogen) atoms. The van der Waals surface area contributed by atoms with Gasteiger partial charge in [-0.15, -0.1) is 0 Å². The van der Waals surface area contributed by atoms with Crippen LogP contribution in [0, 0.1) is 0 Å². The number of hydrogen-bond acceptors (Lipinski definition) is 2. The van der Waals surface area contributed by atoms with Crippen LogP contribution >= 0.6 is 12.2 Å². The lowest BCUT2D eigenvalue weighted by molar-refractivity contribution is -0.00644. The van der Waals surface area contributed by atoms with Gasteiger partial charge in [-0.1, -0.05) is 24.4 Å². The van der Waals surface area contributed by atoms with Gasteiger partial charge in [-0.2, -0.15) is 0 Å². The van der Waals surface area contributed by atoms with Gasteiger partial charge in [0.15, 0.2) is 0 Å². The van der Waals surface area contributed by atoms with Crippen molar-refractivity contribution >= 4 is 28.1 Å². The average molecular weight is 276 g/mol. The smallest absolute Gasteiger partial charge is 0.104 e. The summed E-state index contributed by atoms with van der Waals surface area (Å²) in [6.45, 7) is 7.69. The van der Waals surface area contributed by atoms with E-state index < -0.39 is 0 Å². The molecule has 1 aromatic heterocycles. The van der Waals surface area contributed by atoms with E-state index in [4.69, 9.17) is 22.7 Å². The molecule has 0 fully saturated rings. The van der Waals surface area contributed by atoms with Crippen LogP contribution in [0.1, 0.15) is 26.3 Å². The standard InChI is InChI=1S/C15H20N2OS/c1-15(2,3)18-10-9-17-8-7-11-12(14(16)19)5-4-6-13(11)17/h4-8H,9-10H2,1-3H3,(H2,16,19). The Labute approximate surface area is 119 Å². The zero-order valence-electron chi connectivity index (χ0n) is 11.6. The summed E-state index contributed by atoms with van der Waals surface area (Å²) < 4.78 is 7.93. The van der Waals surface area contributed by atoms with E-state index >= 15 is 0 Å². The molecule has 0 saturated heterocycles. The maximum Gasteiger partial charge on any atom is 0.104 e. The van der Waals surface area contributed by atoms with Crippen molar-refractivity contribution in [3.8, 4) is 0 Å². The van der Waals surface area contributed by atoms with Crippen LogP contribution in [0.25, 0.3) is 10.9 Å². The number of thiocarbonyl (C=S) groups is 1. The Morgan fingerprint density at radius 2 is 2.05 bits per heavy atom.